The zero-order chi connectivity index (χ0) is 29.4. The number of hydrogen-bond acceptors (Lipinski definition) is 3. The zero-order valence-corrected chi connectivity index (χ0v) is 23.8. The van der Waals surface area contributed by atoms with Crippen molar-refractivity contribution in [2.45, 2.75) is 18.8 Å². The summed E-state index contributed by atoms with van der Waals surface area (Å²) in [6.45, 7) is 2.10. The van der Waals surface area contributed by atoms with Crippen LogP contribution in [0.25, 0.3) is 11.1 Å². The van der Waals surface area contributed by atoms with E-state index in [0.29, 0.717) is 22.6 Å². The zero-order valence-electron chi connectivity index (χ0n) is 23.8. The number of aryl methyl sites for hydroxylation is 1. The molecular formula is C40H30O3. The number of phenolic OH excluding ortho intramolecular Hbond substituents is 1. The fraction of sp³-hybridized carbons (Fsp3) is 0.0750. The van der Waals surface area contributed by atoms with E-state index in [1.165, 1.54) is 27.8 Å². The molecule has 0 fully saturated rings. The lowest BCUT2D eigenvalue weighted by Gasteiger charge is -2.34. The maximum absolute atomic E-state index is 13.0. The van der Waals surface area contributed by atoms with Crippen LogP contribution in [0.15, 0.2) is 146 Å². The van der Waals surface area contributed by atoms with Gasteiger partial charge in [0.1, 0.15) is 17.2 Å². The molecule has 0 radical (unpaired) electrons. The number of ether oxygens (including phenoxy) is 1. The minimum Gasteiger partial charge on any atom is -0.508 e. The van der Waals surface area contributed by atoms with Gasteiger partial charge in [-0.3, -0.25) is 4.79 Å². The highest BCUT2D eigenvalue weighted by Gasteiger charge is 2.45. The topological polar surface area (TPSA) is 46.5 Å². The van der Waals surface area contributed by atoms with E-state index in [-0.39, 0.29) is 11.5 Å². The highest BCUT2D eigenvalue weighted by molar-refractivity contribution is 6.09. The summed E-state index contributed by atoms with van der Waals surface area (Å²) < 4.78 is 6.22. The van der Waals surface area contributed by atoms with Crippen LogP contribution in [0.5, 0.6) is 17.2 Å². The number of aromatic hydroxyl groups is 1. The van der Waals surface area contributed by atoms with E-state index in [2.05, 4.69) is 67.6 Å². The van der Waals surface area contributed by atoms with Crippen LogP contribution < -0.4 is 4.74 Å². The van der Waals surface area contributed by atoms with Crippen LogP contribution in [-0.2, 0) is 11.8 Å². The first-order valence-corrected chi connectivity index (χ1v) is 14.6. The Hall–Kier alpha value is -5.41. The van der Waals surface area contributed by atoms with Gasteiger partial charge < -0.3 is 9.84 Å². The predicted molar refractivity (Wildman–Crippen MR) is 171 cm³/mol. The smallest absolute Gasteiger partial charge is 0.193 e. The van der Waals surface area contributed by atoms with Gasteiger partial charge in [-0.1, -0.05) is 104 Å². The molecule has 1 N–H and O–H groups in total. The Morgan fingerprint density at radius 1 is 0.581 bits per heavy atom. The summed E-state index contributed by atoms with van der Waals surface area (Å²) in [7, 11) is 0. The molecule has 0 aliphatic heterocycles. The van der Waals surface area contributed by atoms with Crippen molar-refractivity contribution in [3.05, 3.63) is 185 Å². The summed E-state index contributed by atoms with van der Waals surface area (Å²) >= 11 is 0. The molecule has 1 aliphatic rings. The Morgan fingerprint density at radius 3 is 1.53 bits per heavy atom. The number of benzene rings is 6. The minimum absolute atomic E-state index is 0.00443. The van der Waals surface area contributed by atoms with Crippen LogP contribution >= 0.6 is 0 Å². The van der Waals surface area contributed by atoms with Gasteiger partial charge in [0, 0.05) is 11.1 Å². The van der Waals surface area contributed by atoms with Crippen molar-refractivity contribution in [2.75, 3.05) is 0 Å². The molecule has 0 heterocycles. The van der Waals surface area contributed by atoms with E-state index in [1.54, 1.807) is 12.1 Å². The van der Waals surface area contributed by atoms with Gasteiger partial charge >= 0.3 is 0 Å². The molecule has 0 amide bonds. The van der Waals surface area contributed by atoms with E-state index < -0.39 is 5.41 Å². The number of phenols is 1. The Balaban J connectivity index is 1.21. The molecule has 43 heavy (non-hydrogen) atoms. The third-order valence-corrected chi connectivity index (χ3v) is 8.52. The number of carbonyl (C=O) groups is 1. The van der Waals surface area contributed by atoms with Gasteiger partial charge in [0.15, 0.2) is 5.78 Å². The molecular weight excluding hydrogens is 528 g/mol. The van der Waals surface area contributed by atoms with Crippen LogP contribution in [0, 0.1) is 0 Å². The maximum atomic E-state index is 13.0. The summed E-state index contributed by atoms with van der Waals surface area (Å²) in [5, 5.41) is 10.1. The summed E-state index contributed by atoms with van der Waals surface area (Å²) in [4.78, 5) is 13.0. The quantitative estimate of drug-likeness (QED) is 0.198. The predicted octanol–water partition coefficient (Wildman–Crippen LogP) is 9.34. The minimum atomic E-state index is -0.545. The largest absolute Gasteiger partial charge is 0.508 e. The van der Waals surface area contributed by atoms with Crippen molar-refractivity contribution in [2.24, 2.45) is 0 Å². The van der Waals surface area contributed by atoms with Crippen molar-refractivity contribution in [1.82, 2.24) is 0 Å². The first-order valence-electron chi connectivity index (χ1n) is 14.6. The van der Waals surface area contributed by atoms with Gasteiger partial charge in [0.05, 0.1) is 5.41 Å². The van der Waals surface area contributed by atoms with Gasteiger partial charge in [0.2, 0.25) is 0 Å². The molecule has 0 spiro atoms. The fourth-order valence-electron chi connectivity index (χ4n) is 6.38. The lowest BCUT2D eigenvalue weighted by Crippen LogP contribution is -2.28. The lowest BCUT2D eigenvalue weighted by molar-refractivity contribution is 0.103. The Morgan fingerprint density at radius 2 is 1.02 bits per heavy atom. The van der Waals surface area contributed by atoms with Crippen LogP contribution in [0.4, 0.5) is 0 Å². The monoisotopic (exact) mass is 558 g/mol. The summed E-state index contributed by atoms with van der Waals surface area (Å²) in [5.41, 5.74) is 9.00. The molecule has 7 rings (SSSR count). The summed E-state index contributed by atoms with van der Waals surface area (Å²) in [5.74, 6) is 1.60. The molecule has 0 bridgehead atoms. The molecule has 6 aromatic carbocycles. The SMILES string of the molecule is CCc1ccc(C(=O)c2ccc(Oc3ccc(C4(c5ccc(O)cc5)c5ccccc5-c5ccccc54)cc3)cc2)cc1. The molecule has 3 heteroatoms. The third-order valence-electron chi connectivity index (χ3n) is 8.52. The average Bonchev–Trinajstić information content (AvgIpc) is 3.37. The summed E-state index contributed by atoms with van der Waals surface area (Å²) in [6, 6.07) is 48.0. The van der Waals surface area contributed by atoms with E-state index in [0.717, 1.165) is 17.5 Å². The second-order valence-electron chi connectivity index (χ2n) is 10.9. The molecule has 0 saturated heterocycles. The second kappa shape index (κ2) is 10.8. The van der Waals surface area contributed by atoms with E-state index in [9.17, 15) is 9.90 Å². The second-order valence-corrected chi connectivity index (χ2v) is 10.9. The number of hydrogen-bond donors (Lipinski definition) is 1. The molecule has 1 aliphatic carbocycles. The van der Waals surface area contributed by atoms with Crippen molar-refractivity contribution in [3.8, 4) is 28.4 Å². The maximum Gasteiger partial charge on any atom is 0.193 e. The van der Waals surface area contributed by atoms with Gasteiger partial charge in [-0.25, -0.2) is 0 Å². The number of carbonyl (C=O) groups excluding carboxylic acids is 1. The van der Waals surface area contributed by atoms with Crippen LogP contribution in [0.2, 0.25) is 0 Å². The standard InChI is InChI=1S/C40H30O3/c1-2-27-11-13-28(14-12-27)39(42)29-15-23-33(24-16-29)43-34-25-19-31(20-26-34)40(30-17-21-32(41)22-18-30)37-9-5-3-7-35(37)36-8-4-6-10-38(36)40/h3-26,41H,2H2,1H3. The number of fused-ring (bicyclic) bond motifs is 3. The Bertz CT molecular complexity index is 1870. The third kappa shape index (κ3) is 4.50. The fourth-order valence-corrected chi connectivity index (χ4v) is 6.38. The van der Waals surface area contributed by atoms with Gasteiger partial charge in [-0.15, -0.1) is 0 Å². The average molecular weight is 559 g/mol. The van der Waals surface area contributed by atoms with Gasteiger partial charge in [0.25, 0.3) is 0 Å². The molecule has 0 atom stereocenters. The van der Waals surface area contributed by atoms with Crippen molar-refractivity contribution >= 4 is 5.78 Å². The van der Waals surface area contributed by atoms with Gasteiger partial charge in [-0.2, -0.15) is 0 Å². The van der Waals surface area contributed by atoms with E-state index in [4.69, 9.17) is 4.74 Å². The van der Waals surface area contributed by atoms with Crippen LogP contribution in [0.3, 0.4) is 0 Å². The molecule has 0 saturated carbocycles. The summed E-state index contributed by atoms with van der Waals surface area (Å²) in [6.07, 6.45) is 0.944. The van der Waals surface area contributed by atoms with Crippen LogP contribution in [0.1, 0.15) is 50.7 Å². The van der Waals surface area contributed by atoms with Crippen molar-refractivity contribution < 1.29 is 14.6 Å². The normalized spacial score (nSPS) is 12.8. The first kappa shape index (κ1) is 26.5. The molecule has 0 aromatic heterocycles. The number of ketones is 1. The number of rotatable bonds is 7. The Labute approximate surface area is 251 Å². The van der Waals surface area contributed by atoms with Crippen LogP contribution in [-0.4, -0.2) is 10.9 Å². The molecule has 6 aromatic rings. The molecule has 208 valence electrons. The Kier molecular flexibility index (Phi) is 6.64. The lowest BCUT2D eigenvalue weighted by atomic mass is 9.68. The molecule has 3 nitrogen and oxygen atoms in total. The highest BCUT2D eigenvalue weighted by atomic mass is 16.5. The van der Waals surface area contributed by atoms with Gasteiger partial charge in [-0.05, 0) is 93.9 Å². The van der Waals surface area contributed by atoms with Crippen molar-refractivity contribution in [1.29, 1.82) is 0 Å². The van der Waals surface area contributed by atoms with E-state index >= 15 is 0 Å². The molecule has 0 unspecified atom stereocenters. The van der Waals surface area contributed by atoms with Crippen molar-refractivity contribution in [3.63, 3.8) is 0 Å². The van der Waals surface area contributed by atoms with E-state index in [1.807, 2.05) is 72.8 Å². The highest BCUT2D eigenvalue weighted by Crippen LogP contribution is 2.56. The first-order chi connectivity index (χ1) is 21.1.